The van der Waals surface area contributed by atoms with Crippen molar-refractivity contribution in [2.75, 3.05) is 38.2 Å². The van der Waals surface area contributed by atoms with Crippen LogP contribution in [0, 0.1) is 0 Å². The lowest BCUT2D eigenvalue weighted by Gasteiger charge is -2.26. The summed E-state index contributed by atoms with van der Waals surface area (Å²) < 4.78 is 11.2. The van der Waals surface area contributed by atoms with Crippen molar-refractivity contribution in [3.05, 3.63) is 59.2 Å². The van der Waals surface area contributed by atoms with Gasteiger partial charge >= 0.3 is 5.97 Å². The second kappa shape index (κ2) is 9.47. The maximum absolute atomic E-state index is 12.7. The Bertz CT molecular complexity index is 1090. The van der Waals surface area contributed by atoms with Crippen LogP contribution >= 0.6 is 11.3 Å². The molecule has 3 aromatic rings. The first-order valence-electron chi connectivity index (χ1n) is 10.2. The second-order valence-electron chi connectivity index (χ2n) is 7.19. The number of hydrogen-bond acceptors (Lipinski definition) is 7. The molecule has 2 heterocycles. The number of hydrogen-bond donors (Lipinski definition) is 2. The summed E-state index contributed by atoms with van der Waals surface area (Å²) in [6, 6.07) is 12.4. The van der Waals surface area contributed by atoms with Crippen molar-refractivity contribution in [1.82, 2.24) is 4.90 Å². The Balaban J connectivity index is 1.71. The zero-order valence-corrected chi connectivity index (χ0v) is 18.0. The summed E-state index contributed by atoms with van der Waals surface area (Å²) in [5.74, 6) is -0.733. The number of nitrogens with one attached hydrogen (secondary N) is 1. The molecule has 31 heavy (non-hydrogen) atoms. The number of aromatic hydroxyl groups is 1. The van der Waals surface area contributed by atoms with E-state index in [-0.39, 0.29) is 23.8 Å². The molecule has 1 aromatic heterocycles. The summed E-state index contributed by atoms with van der Waals surface area (Å²) in [7, 11) is 0. The third-order valence-corrected chi connectivity index (χ3v) is 6.28. The lowest BCUT2D eigenvalue weighted by atomic mass is 10.1. The van der Waals surface area contributed by atoms with Crippen LogP contribution in [-0.2, 0) is 16.0 Å². The molecule has 7 nitrogen and oxygen atoms in total. The van der Waals surface area contributed by atoms with Gasteiger partial charge in [0.2, 0.25) is 0 Å². The molecular formula is C23H24N2O5S. The molecule has 4 rings (SSSR count). The highest BCUT2D eigenvalue weighted by Crippen LogP contribution is 2.43. The van der Waals surface area contributed by atoms with Gasteiger partial charge in [-0.15, -0.1) is 11.3 Å². The SMILES string of the molecule is CCOC(=O)c1c(NC(=O)c2ccccc2)sc2c(O)c(CN3CCOCC3)ccc12. The number of rotatable bonds is 6. The van der Waals surface area contributed by atoms with Crippen LogP contribution in [0.15, 0.2) is 42.5 Å². The van der Waals surface area contributed by atoms with Crippen LogP contribution < -0.4 is 5.32 Å². The molecule has 1 aliphatic heterocycles. The van der Waals surface area contributed by atoms with Crippen LogP contribution in [0.4, 0.5) is 5.00 Å². The number of fused-ring (bicyclic) bond motifs is 1. The highest BCUT2D eigenvalue weighted by molar-refractivity contribution is 7.24. The molecule has 2 N–H and O–H groups in total. The number of nitrogens with zero attached hydrogens (tertiary/aromatic N) is 1. The van der Waals surface area contributed by atoms with Crippen molar-refractivity contribution in [3.63, 3.8) is 0 Å². The molecule has 0 spiro atoms. The molecular weight excluding hydrogens is 416 g/mol. The lowest BCUT2D eigenvalue weighted by Crippen LogP contribution is -2.35. The quantitative estimate of drug-likeness (QED) is 0.566. The van der Waals surface area contributed by atoms with Gasteiger partial charge in [-0.05, 0) is 19.1 Å². The third-order valence-electron chi connectivity index (χ3n) is 5.16. The first-order chi connectivity index (χ1) is 15.1. The first-order valence-corrected chi connectivity index (χ1v) is 11.0. The van der Waals surface area contributed by atoms with Crippen LogP contribution in [0.3, 0.4) is 0 Å². The van der Waals surface area contributed by atoms with E-state index < -0.39 is 5.97 Å². The second-order valence-corrected chi connectivity index (χ2v) is 8.21. The van der Waals surface area contributed by atoms with E-state index in [1.165, 1.54) is 11.3 Å². The Kier molecular flexibility index (Phi) is 6.50. The van der Waals surface area contributed by atoms with E-state index in [1.54, 1.807) is 31.2 Å². The van der Waals surface area contributed by atoms with Gasteiger partial charge in [-0.1, -0.05) is 30.3 Å². The van der Waals surface area contributed by atoms with Crippen LogP contribution in [0.1, 0.15) is 33.2 Å². The van der Waals surface area contributed by atoms with Crippen molar-refractivity contribution in [2.24, 2.45) is 0 Å². The number of phenolic OH excluding ortho intramolecular Hbond substituents is 1. The molecule has 0 unspecified atom stereocenters. The van der Waals surface area contributed by atoms with E-state index in [9.17, 15) is 14.7 Å². The summed E-state index contributed by atoms with van der Waals surface area (Å²) in [4.78, 5) is 27.6. The smallest absolute Gasteiger partial charge is 0.341 e. The number of esters is 1. The maximum atomic E-state index is 12.7. The van der Waals surface area contributed by atoms with Gasteiger partial charge in [0, 0.05) is 36.1 Å². The highest BCUT2D eigenvalue weighted by atomic mass is 32.1. The van der Waals surface area contributed by atoms with Crippen molar-refractivity contribution in [3.8, 4) is 5.75 Å². The average Bonchev–Trinajstić information content (AvgIpc) is 3.16. The monoisotopic (exact) mass is 440 g/mol. The van der Waals surface area contributed by atoms with Gasteiger partial charge in [0.1, 0.15) is 16.3 Å². The lowest BCUT2D eigenvalue weighted by molar-refractivity contribution is 0.0339. The minimum atomic E-state index is -0.530. The van der Waals surface area contributed by atoms with Gasteiger partial charge in [0.15, 0.2) is 0 Å². The van der Waals surface area contributed by atoms with Gasteiger partial charge < -0.3 is 19.9 Å². The summed E-state index contributed by atoms with van der Waals surface area (Å²) in [5, 5.41) is 14.7. The molecule has 0 bridgehead atoms. The van der Waals surface area contributed by atoms with Crippen molar-refractivity contribution in [2.45, 2.75) is 13.5 Å². The number of amides is 1. The average molecular weight is 441 g/mol. The number of carbonyl (C=O) groups is 2. The number of ether oxygens (including phenoxy) is 2. The summed E-state index contributed by atoms with van der Waals surface area (Å²) in [6.45, 7) is 5.47. The number of carbonyl (C=O) groups excluding carboxylic acids is 2. The predicted octanol–water partition coefficient (Wildman–Crippen LogP) is 3.87. The van der Waals surface area contributed by atoms with Crippen LogP contribution in [0.2, 0.25) is 0 Å². The summed E-state index contributed by atoms with van der Waals surface area (Å²) >= 11 is 1.18. The molecule has 1 amide bonds. The van der Waals surface area contributed by atoms with Gasteiger partial charge in [-0.25, -0.2) is 4.79 Å². The molecule has 1 fully saturated rings. The maximum Gasteiger partial charge on any atom is 0.341 e. The third kappa shape index (κ3) is 4.56. The molecule has 0 aliphatic carbocycles. The highest BCUT2D eigenvalue weighted by Gasteiger charge is 2.25. The fraction of sp³-hybridized carbons (Fsp3) is 0.304. The largest absolute Gasteiger partial charge is 0.506 e. The van der Waals surface area contributed by atoms with Gasteiger partial charge in [-0.3, -0.25) is 9.69 Å². The van der Waals surface area contributed by atoms with E-state index in [4.69, 9.17) is 9.47 Å². The number of thiophene rings is 1. The van der Waals surface area contributed by atoms with E-state index in [0.29, 0.717) is 40.4 Å². The Labute approximate surface area is 184 Å². The standard InChI is InChI=1S/C23H24N2O5S/c1-2-30-23(28)18-17-9-8-16(14-25-10-12-29-13-11-25)19(26)20(17)31-22(18)24-21(27)15-6-4-3-5-7-15/h3-9,26H,2,10-14H2,1H3,(H,24,27). The van der Waals surface area contributed by atoms with Crippen molar-refractivity contribution < 1.29 is 24.2 Å². The Morgan fingerprint density at radius 3 is 2.61 bits per heavy atom. The van der Waals surface area contributed by atoms with Crippen LogP contribution in [0.25, 0.3) is 10.1 Å². The molecule has 0 saturated carbocycles. The minimum absolute atomic E-state index is 0.125. The molecule has 1 aliphatic rings. The number of anilines is 1. The van der Waals surface area contributed by atoms with Crippen LogP contribution in [-0.4, -0.2) is 54.8 Å². The summed E-state index contributed by atoms with van der Waals surface area (Å²) in [5.41, 5.74) is 1.51. The molecule has 1 saturated heterocycles. The Morgan fingerprint density at radius 1 is 1.16 bits per heavy atom. The number of morpholine rings is 1. The van der Waals surface area contributed by atoms with Gasteiger partial charge in [0.05, 0.1) is 24.5 Å². The topological polar surface area (TPSA) is 88.1 Å². The van der Waals surface area contributed by atoms with Crippen molar-refractivity contribution in [1.29, 1.82) is 0 Å². The van der Waals surface area contributed by atoms with Gasteiger partial charge in [0.25, 0.3) is 5.91 Å². The Hall–Kier alpha value is -2.94. The number of phenols is 1. The first kappa shape index (κ1) is 21.3. The Morgan fingerprint density at radius 2 is 1.90 bits per heavy atom. The number of benzene rings is 2. The molecule has 8 heteroatoms. The fourth-order valence-electron chi connectivity index (χ4n) is 3.57. The normalized spacial score (nSPS) is 14.5. The van der Waals surface area contributed by atoms with E-state index in [1.807, 2.05) is 18.2 Å². The van der Waals surface area contributed by atoms with Crippen molar-refractivity contribution >= 4 is 38.3 Å². The molecule has 162 valence electrons. The van der Waals surface area contributed by atoms with Gasteiger partial charge in [-0.2, -0.15) is 0 Å². The van der Waals surface area contributed by atoms with E-state index in [2.05, 4.69) is 10.2 Å². The van der Waals surface area contributed by atoms with E-state index in [0.717, 1.165) is 18.7 Å². The minimum Gasteiger partial charge on any atom is -0.506 e. The van der Waals surface area contributed by atoms with Crippen LogP contribution in [0.5, 0.6) is 5.75 Å². The molecule has 0 atom stereocenters. The fourth-order valence-corrected chi connectivity index (χ4v) is 4.73. The summed E-state index contributed by atoms with van der Waals surface area (Å²) in [6.07, 6.45) is 0. The zero-order chi connectivity index (χ0) is 21.8. The van der Waals surface area contributed by atoms with E-state index >= 15 is 0 Å². The molecule has 2 aromatic carbocycles. The molecule has 0 radical (unpaired) electrons. The predicted molar refractivity (Wildman–Crippen MR) is 120 cm³/mol. The zero-order valence-electron chi connectivity index (χ0n) is 17.2.